The van der Waals surface area contributed by atoms with Crippen LogP contribution in [0.15, 0.2) is 24.3 Å². The summed E-state index contributed by atoms with van der Waals surface area (Å²) in [5, 5.41) is 3.71. The monoisotopic (exact) mass is 287 g/mol. The molecule has 0 aromatic heterocycles. The summed E-state index contributed by atoms with van der Waals surface area (Å²) in [7, 11) is 0. The van der Waals surface area contributed by atoms with E-state index in [9.17, 15) is 0 Å². The molecule has 1 aliphatic carbocycles. The Morgan fingerprint density at radius 1 is 1.00 bits per heavy atom. The van der Waals surface area contributed by atoms with E-state index in [4.69, 9.17) is 0 Å². The lowest BCUT2D eigenvalue weighted by Gasteiger charge is -2.26. The second-order valence-electron chi connectivity index (χ2n) is 7.40. The van der Waals surface area contributed by atoms with Crippen LogP contribution in [-0.2, 0) is 6.42 Å². The molecule has 118 valence electrons. The van der Waals surface area contributed by atoms with Crippen LogP contribution in [0.5, 0.6) is 0 Å². The standard InChI is InChI=1S/C20H33N/c1-16(2)14-21-15-20-8-6-4-5-7-19(20)13-18-11-9-17(3)10-12-18/h9-12,16,19-21H,4-8,13-15H2,1-3H3. The summed E-state index contributed by atoms with van der Waals surface area (Å²) >= 11 is 0. The third kappa shape index (κ3) is 5.82. The summed E-state index contributed by atoms with van der Waals surface area (Å²) in [6.07, 6.45) is 8.40. The zero-order valence-electron chi connectivity index (χ0n) is 14.2. The first-order valence-corrected chi connectivity index (χ1v) is 8.91. The molecule has 0 amide bonds. The van der Waals surface area contributed by atoms with Crippen molar-refractivity contribution in [3.63, 3.8) is 0 Å². The molecule has 2 atom stereocenters. The van der Waals surface area contributed by atoms with Crippen molar-refractivity contribution in [1.82, 2.24) is 5.32 Å². The van der Waals surface area contributed by atoms with Gasteiger partial charge in [-0.05, 0) is 62.6 Å². The molecular formula is C20H33N. The van der Waals surface area contributed by atoms with Crippen LogP contribution in [0.2, 0.25) is 0 Å². The molecule has 0 heterocycles. The van der Waals surface area contributed by atoms with E-state index in [1.165, 1.54) is 56.2 Å². The molecule has 0 radical (unpaired) electrons. The van der Waals surface area contributed by atoms with Gasteiger partial charge < -0.3 is 5.32 Å². The van der Waals surface area contributed by atoms with Crippen LogP contribution in [0.4, 0.5) is 0 Å². The van der Waals surface area contributed by atoms with Crippen LogP contribution in [0.1, 0.15) is 57.1 Å². The SMILES string of the molecule is Cc1ccc(CC2CCCCCC2CNCC(C)C)cc1. The van der Waals surface area contributed by atoms with Crippen LogP contribution < -0.4 is 5.32 Å². The van der Waals surface area contributed by atoms with Crippen LogP contribution >= 0.6 is 0 Å². The summed E-state index contributed by atoms with van der Waals surface area (Å²) in [6, 6.07) is 9.19. The van der Waals surface area contributed by atoms with Crippen LogP contribution in [0.3, 0.4) is 0 Å². The Morgan fingerprint density at radius 2 is 1.67 bits per heavy atom. The minimum Gasteiger partial charge on any atom is -0.316 e. The molecule has 1 heteroatoms. The Labute approximate surface area is 131 Å². The van der Waals surface area contributed by atoms with Gasteiger partial charge in [0, 0.05) is 0 Å². The smallest absolute Gasteiger partial charge is 0.00176 e. The molecule has 1 aromatic carbocycles. The third-order valence-corrected chi connectivity index (χ3v) is 4.89. The van der Waals surface area contributed by atoms with Crippen LogP contribution in [-0.4, -0.2) is 13.1 Å². The van der Waals surface area contributed by atoms with Gasteiger partial charge in [-0.15, -0.1) is 0 Å². The molecule has 0 saturated heterocycles. The molecule has 0 bridgehead atoms. The Hall–Kier alpha value is -0.820. The fourth-order valence-corrected chi connectivity index (χ4v) is 3.58. The molecule has 21 heavy (non-hydrogen) atoms. The number of hydrogen-bond donors (Lipinski definition) is 1. The summed E-state index contributed by atoms with van der Waals surface area (Å²) in [4.78, 5) is 0. The summed E-state index contributed by atoms with van der Waals surface area (Å²) in [5.74, 6) is 2.49. The predicted molar refractivity (Wildman–Crippen MR) is 92.7 cm³/mol. The van der Waals surface area contributed by atoms with Crippen molar-refractivity contribution in [3.05, 3.63) is 35.4 Å². The van der Waals surface area contributed by atoms with Crippen molar-refractivity contribution in [1.29, 1.82) is 0 Å². The van der Waals surface area contributed by atoms with E-state index < -0.39 is 0 Å². The lowest BCUT2D eigenvalue weighted by molar-refractivity contribution is 0.294. The Balaban J connectivity index is 1.93. The van der Waals surface area contributed by atoms with Crippen molar-refractivity contribution in [2.75, 3.05) is 13.1 Å². The lowest BCUT2D eigenvalue weighted by atomic mass is 9.83. The minimum absolute atomic E-state index is 0.756. The third-order valence-electron chi connectivity index (χ3n) is 4.89. The van der Waals surface area contributed by atoms with Crippen LogP contribution in [0.25, 0.3) is 0 Å². The van der Waals surface area contributed by atoms with Gasteiger partial charge in [-0.1, -0.05) is 62.9 Å². The molecule has 1 nitrogen and oxygen atoms in total. The second kappa shape index (κ2) is 8.58. The highest BCUT2D eigenvalue weighted by Crippen LogP contribution is 2.31. The topological polar surface area (TPSA) is 12.0 Å². The largest absolute Gasteiger partial charge is 0.316 e. The maximum Gasteiger partial charge on any atom is -0.00176 e. The van der Waals surface area contributed by atoms with E-state index in [0.29, 0.717) is 0 Å². The first-order valence-electron chi connectivity index (χ1n) is 8.91. The Bertz CT molecular complexity index is 393. The molecule has 1 fully saturated rings. The van der Waals surface area contributed by atoms with E-state index in [0.717, 1.165) is 24.3 Å². The second-order valence-corrected chi connectivity index (χ2v) is 7.40. The van der Waals surface area contributed by atoms with E-state index in [1.807, 2.05) is 0 Å². The van der Waals surface area contributed by atoms with E-state index in [-0.39, 0.29) is 0 Å². The van der Waals surface area contributed by atoms with Gasteiger partial charge in [-0.2, -0.15) is 0 Å². The van der Waals surface area contributed by atoms with Gasteiger partial charge in [-0.25, -0.2) is 0 Å². The quantitative estimate of drug-likeness (QED) is 0.728. The first kappa shape index (κ1) is 16.5. The van der Waals surface area contributed by atoms with Gasteiger partial charge in [0.05, 0.1) is 0 Å². The molecule has 2 rings (SSSR count). The van der Waals surface area contributed by atoms with Gasteiger partial charge in [0.25, 0.3) is 0 Å². The average molecular weight is 287 g/mol. The number of nitrogens with one attached hydrogen (secondary N) is 1. The van der Waals surface area contributed by atoms with Gasteiger partial charge in [-0.3, -0.25) is 0 Å². The van der Waals surface area contributed by atoms with Crippen LogP contribution in [0, 0.1) is 24.7 Å². The molecule has 1 aliphatic rings. The van der Waals surface area contributed by atoms with Gasteiger partial charge in [0.15, 0.2) is 0 Å². The van der Waals surface area contributed by atoms with E-state index >= 15 is 0 Å². The summed E-state index contributed by atoms with van der Waals surface area (Å²) in [5.41, 5.74) is 2.90. The normalized spacial score (nSPS) is 23.2. The zero-order valence-corrected chi connectivity index (χ0v) is 14.2. The first-order chi connectivity index (χ1) is 10.1. The average Bonchev–Trinajstić information content (AvgIpc) is 2.67. The molecule has 0 spiro atoms. The predicted octanol–water partition coefficient (Wildman–Crippen LogP) is 4.98. The Morgan fingerprint density at radius 3 is 2.33 bits per heavy atom. The van der Waals surface area contributed by atoms with Crippen molar-refractivity contribution < 1.29 is 0 Å². The molecule has 0 aliphatic heterocycles. The minimum atomic E-state index is 0.756. The number of rotatable bonds is 6. The van der Waals surface area contributed by atoms with Crippen molar-refractivity contribution in [2.24, 2.45) is 17.8 Å². The fourth-order valence-electron chi connectivity index (χ4n) is 3.58. The van der Waals surface area contributed by atoms with Crippen molar-refractivity contribution in [3.8, 4) is 0 Å². The molecule has 2 unspecified atom stereocenters. The highest BCUT2D eigenvalue weighted by atomic mass is 14.9. The maximum absolute atomic E-state index is 3.71. The molecule has 1 saturated carbocycles. The van der Waals surface area contributed by atoms with Gasteiger partial charge in [0.1, 0.15) is 0 Å². The molecule has 1 N–H and O–H groups in total. The highest BCUT2D eigenvalue weighted by Gasteiger charge is 2.23. The van der Waals surface area contributed by atoms with Crippen molar-refractivity contribution in [2.45, 2.75) is 59.3 Å². The summed E-state index contributed by atoms with van der Waals surface area (Å²) < 4.78 is 0. The molecule has 1 aromatic rings. The Kier molecular flexibility index (Phi) is 6.76. The van der Waals surface area contributed by atoms with E-state index in [1.54, 1.807) is 0 Å². The highest BCUT2D eigenvalue weighted by molar-refractivity contribution is 5.21. The summed E-state index contributed by atoms with van der Waals surface area (Å²) in [6.45, 7) is 9.14. The number of aryl methyl sites for hydroxylation is 1. The van der Waals surface area contributed by atoms with Gasteiger partial charge >= 0.3 is 0 Å². The lowest BCUT2D eigenvalue weighted by Crippen LogP contribution is -2.31. The van der Waals surface area contributed by atoms with Crippen molar-refractivity contribution >= 4 is 0 Å². The molecular weight excluding hydrogens is 254 g/mol. The van der Waals surface area contributed by atoms with E-state index in [2.05, 4.69) is 50.4 Å². The number of benzene rings is 1. The number of hydrogen-bond acceptors (Lipinski definition) is 1. The zero-order chi connectivity index (χ0) is 15.1. The fraction of sp³-hybridized carbons (Fsp3) is 0.700. The van der Waals surface area contributed by atoms with Gasteiger partial charge in [0.2, 0.25) is 0 Å². The maximum atomic E-state index is 3.71.